The van der Waals surface area contributed by atoms with Crippen molar-refractivity contribution in [2.24, 2.45) is 0 Å². The number of nitrogens with zero attached hydrogens (tertiary/aromatic N) is 1. The van der Waals surface area contributed by atoms with Crippen LogP contribution in [-0.2, 0) is 11.2 Å². The molecule has 82 valence electrons. The van der Waals surface area contributed by atoms with Crippen molar-refractivity contribution in [2.45, 2.75) is 12.8 Å². The largest absolute Gasteiger partial charge is 0.481 e. The summed E-state index contributed by atoms with van der Waals surface area (Å²) in [5, 5.41) is 8.24. The van der Waals surface area contributed by atoms with Gasteiger partial charge in [0, 0.05) is 17.3 Å². The predicted octanol–water partition coefficient (Wildman–Crippen LogP) is 1.88. The smallest absolute Gasteiger partial charge is 0.307 e. The van der Waals surface area contributed by atoms with Gasteiger partial charge in [0.1, 0.15) is 5.82 Å². The lowest BCUT2D eigenvalue weighted by molar-refractivity contribution is -0.136. The van der Waals surface area contributed by atoms with Crippen LogP contribution in [-0.4, -0.2) is 16.1 Å². The van der Waals surface area contributed by atoms with E-state index in [1.165, 1.54) is 0 Å². The first-order chi connectivity index (χ1) is 6.93. The molecule has 0 bridgehead atoms. The number of carbonyl (C=O) groups is 1. The number of carboxylic acid groups (broad SMARTS) is 1. The highest BCUT2D eigenvalue weighted by molar-refractivity contribution is 6.31. The first-order valence-corrected chi connectivity index (χ1v) is 4.24. The van der Waals surface area contributed by atoms with E-state index in [9.17, 15) is 13.6 Å². The van der Waals surface area contributed by atoms with Crippen LogP contribution in [0.1, 0.15) is 17.6 Å². The molecule has 1 heterocycles. The molecule has 0 radical (unpaired) electrons. The molecule has 0 atom stereocenters. The molecule has 0 aliphatic heterocycles. The van der Waals surface area contributed by atoms with E-state index in [2.05, 4.69) is 4.98 Å². The highest BCUT2D eigenvalue weighted by Gasteiger charge is 2.21. The molecule has 15 heavy (non-hydrogen) atoms. The minimum absolute atomic E-state index is 0.231. The first kappa shape index (κ1) is 11.6. The second-order valence-corrected chi connectivity index (χ2v) is 3.16. The number of pyridine rings is 1. The maximum absolute atomic E-state index is 12.6. The number of anilines is 1. The molecule has 1 rings (SSSR count). The van der Waals surface area contributed by atoms with Gasteiger partial charge < -0.3 is 10.8 Å². The zero-order valence-electron chi connectivity index (χ0n) is 7.38. The first-order valence-electron chi connectivity index (χ1n) is 3.86. The number of alkyl halides is 2. The van der Waals surface area contributed by atoms with Gasteiger partial charge in [-0.2, -0.15) is 0 Å². The summed E-state index contributed by atoms with van der Waals surface area (Å²) in [6.45, 7) is 0. The fourth-order valence-electron chi connectivity index (χ4n) is 1.13. The Morgan fingerprint density at radius 1 is 1.67 bits per heavy atom. The molecule has 0 amide bonds. The van der Waals surface area contributed by atoms with E-state index in [-0.39, 0.29) is 16.4 Å². The molecule has 0 unspecified atom stereocenters. The van der Waals surface area contributed by atoms with Crippen LogP contribution in [0, 0.1) is 0 Å². The lowest BCUT2D eigenvalue weighted by Crippen LogP contribution is -2.09. The number of halogens is 3. The number of carboxylic acids is 1. The summed E-state index contributed by atoms with van der Waals surface area (Å²) in [5.41, 5.74) is 4.52. The summed E-state index contributed by atoms with van der Waals surface area (Å²) < 4.78 is 25.1. The van der Waals surface area contributed by atoms with E-state index in [1.807, 2.05) is 0 Å². The zero-order valence-corrected chi connectivity index (χ0v) is 8.13. The van der Waals surface area contributed by atoms with E-state index in [4.69, 9.17) is 22.4 Å². The lowest BCUT2D eigenvalue weighted by atomic mass is 10.1. The predicted molar refractivity (Wildman–Crippen MR) is 50.0 cm³/mol. The Morgan fingerprint density at radius 2 is 2.27 bits per heavy atom. The average Bonchev–Trinajstić information content (AvgIpc) is 2.10. The molecule has 0 saturated carbocycles. The molecule has 1 aromatic heterocycles. The maximum atomic E-state index is 12.6. The Hall–Kier alpha value is -1.43. The number of rotatable bonds is 3. The molecule has 4 nitrogen and oxygen atoms in total. The zero-order chi connectivity index (χ0) is 11.6. The molecule has 0 aliphatic rings. The summed E-state index contributed by atoms with van der Waals surface area (Å²) >= 11 is 5.49. The van der Waals surface area contributed by atoms with Crippen molar-refractivity contribution in [3.05, 3.63) is 22.3 Å². The van der Waals surface area contributed by atoms with Gasteiger partial charge in [0.2, 0.25) is 0 Å². The van der Waals surface area contributed by atoms with Crippen molar-refractivity contribution < 1.29 is 18.7 Å². The summed E-state index contributed by atoms with van der Waals surface area (Å²) in [6, 6.07) is 0. The molecule has 3 N–H and O–H groups in total. The van der Waals surface area contributed by atoms with Crippen LogP contribution in [0.3, 0.4) is 0 Å². The minimum atomic E-state index is -2.88. The van der Waals surface area contributed by atoms with Crippen LogP contribution in [0.15, 0.2) is 6.20 Å². The molecule has 0 saturated heterocycles. The van der Waals surface area contributed by atoms with Gasteiger partial charge >= 0.3 is 5.97 Å². The minimum Gasteiger partial charge on any atom is -0.481 e. The number of hydrogen-bond acceptors (Lipinski definition) is 3. The van der Waals surface area contributed by atoms with Crippen molar-refractivity contribution in [2.75, 3.05) is 5.73 Å². The van der Waals surface area contributed by atoms with E-state index < -0.39 is 24.4 Å². The summed E-state index contributed by atoms with van der Waals surface area (Å²) in [5.74, 6) is -1.51. The Labute approximate surface area is 88.7 Å². The van der Waals surface area contributed by atoms with Gasteiger partial charge in [0.25, 0.3) is 6.43 Å². The topological polar surface area (TPSA) is 76.2 Å². The third-order valence-electron chi connectivity index (χ3n) is 1.75. The molecule has 0 aliphatic carbocycles. The highest BCUT2D eigenvalue weighted by Crippen LogP contribution is 2.32. The van der Waals surface area contributed by atoms with Gasteiger partial charge in [0.05, 0.1) is 11.4 Å². The SMILES string of the molecule is Nc1ncc(Cl)c(C(F)F)c1CC(=O)O. The van der Waals surface area contributed by atoms with Gasteiger partial charge in [-0.25, -0.2) is 13.8 Å². The fraction of sp³-hybridized carbons (Fsp3) is 0.250. The van der Waals surface area contributed by atoms with Crippen molar-refractivity contribution in [1.29, 1.82) is 0 Å². The van der Waals surface area contributed by atoms with Gasteiger partial charge in [-0.15, -0.1) is 0 Å². The lowest BCUT2D eigenvalue weighted by Gasteiger charge is -2.10. The normalized spacial score (nSPS) is 10.7. The monoisotopic (exact) mass is 236 g/mol. The van der Waals surface area contributed by atoms with Crippen LogP contribution in [0.25, 0.3) is 0 Å². The molecule has 1 aromatic rings. The Kier molecular flexibility index (Phi) is 3.41. The molecule has 7 heteroatoms. The van der Waals surface area contributed by atoms with Gasteiger partial charge in [-0.1, -0.05) is 11.6 Å². The van der Waals surface area contributed by atoms with Crippen molar-refractivity contribution in [3.63, 3.8) is 0 Å². The number of aliphatic carboxylic acids is 1. The van der Waals surface area contributed by atoms with Crippen LogP contribution in [0.2, 0.25) is 5.02 Å². The Bertz CT molecular complexity index is 398. The number of hydrogen-bond donors (Lipinski definition) is 2. The second-order valence-electron chi connectivity index (χ2n) is 2.75. The third kappa shape index (κ3) is 2.53. The summed E-state index contributed by atoms with van der Waals surface area (Å²) in [6.07, 6.45) is -2.53. The quantitative estimate of drug-likeness (QED) is 0.840. The van der Waals surface area contributed by atoms with E-state index in [0.717, 1.165) is 6.20 Å². The van der Waals surface area contributed by atoms with Crippen molar-refractivity contribution >= 4 is 23.4 Å². The summed E-state index contributed by atoms with van der Waals surface area (Å²) in [7, 11) is 0. The molecular formula is C8H7ClF2N2O2. The van der Waals surface area contributed by atoms with Crippen molar-refractivity contribution in [1.82, 2.24) is 4.98 Å². The van der Waals surface area contributed by atoms with Crippen LogP contribution in [0.5, 0.6) is 0 Å². The number of nitrogens with two attached hydrogens (primary N) is 1. The van der Waals surface area contributed by atoms with Gasteiger partial charge in [-0.3, -0.25) is 4.79 Å². The molecule has 0 aromatic carbocycles. The molecular weight excluding hydrogens is 230 g/mol. The van der Waals surface area contributed by atoms with Crippen LogP contribution < -0.4 is 5.73 Å². The highest BCUT2D eigenvalue weighted by atomic mass is 35.5. The number of aromatic nitrogens is 1. The van der Waals surface area contributed by atoms with Crippen LogP contribution >= 0.6 is 11.6 Å². The summed E-state index contributed by atoms with van der Waals surface area (Å²) in [4.78, 5) is 14.0. The third-order valence-corrected chi connectivity index (χ3v) is 2.06. The molecule has 0 fully saturated rings. The number of nitrogen functional groups attached to an aromatic ring is 1. The Balaban J connectivity index is 3.31. The maximum Gasteiger partial charge on any atom is 0.307 e. The van der Waals surface area contributed by atoms with E-state index >= 15 is 0 Å². The second kappa shape index (κ2) is 4.39. The average molecular weight is 237 g/mol. The fourth-order valence-corrected chi connectivity index (χ4v) is 1.37. The molecule has 0 spiro atoms. The van der Waals surface area contributed by atoms with Crippen molar-refractivity contribution in [3.8, 4) is 0 Å². The Morgan fingerprint density at radius 3 is 2.73 bits per heavy atom. The van der Waals surface area contributed by atoms with E-state index in [0.29, 0.717) is 0 Å². The standard InChI is InChI=1S/C8H7ClF2N2O2/c9-4-2-13-8(12)3(1-5(14)15)6(4)7(10)11/h2,7H,1H2,(H2,12,13)(H,14,15). The van der Waals surface area contributed by atoms with Gasteiger partial charge in [-0.05, 0) is 0 Å². The van der Waals surface area contributed by atoms with Gasteiger partial charge in [0.15, 0.2) is 0 Å². The van der Waals surface area contributed by atoms with E-state index in [1.54, 1.807) is 0 Å². The van der Waals surface area contributed by atoms with Crippen LogP contribution in [0.4, 0.5) is 14.6 Å².